The summed E-state index contributed by atoms with van der Waals surface area (Å²) in [5.74, 6) is 0.273. The van der Waals surface area contributed by atoms with Crippen LogP contribution in [0.5, 0.6) is 0 Å². The molecule has 0 spiro atoms. The molecule has 7 heteroatoms. The second-order valence-electron chi connectivity index (χ2n) is 7.36. The summed E-state index contributed by atoms with van der Waals surface area (Å²) in [5, 5.41) is 5.77. The minimum atomic E-state index is -0.414. The number of carbonyl (C=O) groups excluding carboxylic acids is 1. The lowest BCUT2D eigenvalue weighted by Crippen LogP contribution is -2.30. The molecule has 0 N–H and O–H groups in total. The number of fused-ring (bicyclic) bond motifs is 3. The van der Waals surface area contributed by atoms with Gasteiger partial charge in [0.15, 0.2) is 17.3 Å². The summed E-state index contributed by atoms with van der Waals surface area (Å²) < 4.78 is 2.71. The first-order valence-corrected chi connectivity index (χ1v) is 10.1. The summed E-state index contributed by atoms with van der Waals surface area (Å²) in [5.41, 5.74) is 3.07. The molecule has 0 atom stereocenters. The topological polar surface area (TPSA) is 69.3 Å². The number of aryl methyl sites for hydroxylation is 1. The Morgan fingerprint density at radius 2 is 1.77 bits per heavy atom. The summed E-state index contributed by atoms with van der Waals surface area (Å²) in [4.78, 5) is 30.8. The molecule has 2 aromatic heterocycles. The highest BCUT2D eigenvalue weighted by atomic mass is 35.5. The molecule has 0 bridgehead atoms. The predicted octanol–water partition coefficient (Wildman–Crippen LogP) is 4.56. The number of rotatable bonds is 4. The highest BCUT2D eigenvalue weighted by Gasteiger charge is 2.18. The number of hydrogen-bond donors (Lipinski definition) is 0. The molecule has 0 radical (unpaired) electrons. The van der Waals surface area contributed by atoms with Crippen LogP contribution in [0.1, 0.15) is 15.9 Å². The van der Waals surface area contributed by atoms with Crippen LogP contribution in [0.25, 0.3) is 27.9 Å². The van der Waals surface area contributed by atoms with Crippen molar-refractivity contribution in [2.45, 2.75) is 13.5 Å². The molecular formula is C24H17ClN4O2. The van der Waals surface area contributed by atoms with E-state index in [9.17, 15) is 9.59 Å². The van der Waals surface area contributed by atoms with Crippen molar-refractivity contribution in [3.8, 4) is 11.4 Å². The van der Waals surface area contributed by atoms with Crippen LogP contribution >= 0.6 is 11.6 Å². The monoisotopic (exact) mass is 428 g/mol. The van der Waals surface area contributed by atoms with Crippen LogP contribution in [0.2, 0.25) is 5.02 Å². The Hall–Kier alpha value is -3.77. The van der Waals surface area contributed by atoms with Gasteiger partial charge in [0.05, 0.1) is 12.1 Å². The minimum absolute atomic E-state index is 0.115. The highest BCUT2D eigenvalue weighted by molar-refractivity contribution is 6.30. The number of carbonyl (C=O) groups is 1. The molecule has 3 aromatic carbocycles. The fraction of sp³-hybridized carbons (Fsp3) is 0.0833. The first-order chi connectivity index (χ1) is 15.0. The third kappa shape index (κ3) is 3.41. The maximum atomic E-state index is 13.3. The zero-order chi connectivity index (χ0) is 21.5. The van der Waals surface area contributed by atoms with Gasteiger partial charge in [0, 0.05) is 21.5 Å². The second-order valence-corrected chi connectivity index (χ2v) is 7.79. The first kappa shape index (κ1) is 19.2. The van der Waals surface area contributed by atoms with Gasteiger partial charge >= 0.3 is 5.69 Å². The van der Waals surface area contributed by atoms with Crippen LogP contribution in [-0.4, -0.2) is 24.9 Å². The molecule has 0 saturated heterocycles. The number of ketones is 1. The summed E-state index contributed by atoms with van der Waals surface area (Å²) in [7, 11) is 0. The predicted molar refractivity (Wildman–Crippen MR) is 121 cm³/mol. The van der Waals surface area contributed by atoms with Crippen molar-refractivity contribution >= 4 is 33.9 Å². The number of nitrogens with zero attached hydrogens (tertiary/aromatic N) is 4. The fourth-order valence-corrected chi connectivity index (χ4v) is 3.79. The van der Waals surface area contributed by atoms with E-state index in [1.807, 2.05) is 55.5 Å². The van der Waals surface area contributed by atoms with Gasteiger partial charge in [-0.15, -0.1) is 5.10 Å². The lowest BCUT2D eigenvalue weighted by molar-refractivity contribution is 0.0971. The van der Waals surface area contributed by atoms with Gasteiger partial charge in [-0.1, -0.05) is 47.5 Å². The fourth-order valence-electron chi connectivity index (χ4n) is 3.67. The van der Waals surface area contributed by atoms with E-state index in [0.717, 1.165) is 16.5 Å². The molecule has 0 amide bonds. The van der Waals surface area contributed by atoms with Gasteiger partial charge in [-0.2, -0.15) is 4.52 Å². The van der Waals surface area contributed by atoms with Crippen LogP contribution < -0.4 is 5.69 Å². The molecule has 5 aromatic rings. The molecule has 0 saturated carbocycles. The molecule has 152 valence electrons. The van der Waals surface area contributed by atoms with Crippen molar-refractivity contribution in [2.75, 3.05) is 0 Å². The van der Waals surface area contributed by atoms with Gasteiger partial charge in [-0.05, 0) is 49.4 Å². The summed E-state index contributed by atoms with van der Waals surface area (Å²) in [6.07, 6.45) is 0. The highest BCUT2D eigenvalue weighted by Crippen LogP contribution is 2.22. The minimum Gasteiger partial charge on any atom is -0.292 e. The smallest absolute Gasteiger partial charge is 0.292 e. The van der Waals surface area contributed by atoms with E-state index in [1.54, 1.807) is 24.3 Å². The maximum Gasteiger partial charge on any atom is 0.351 e. The Kier molecular flexibility index (Phi) is 4.64. The van der Waals surface area contributed by atoms with Gasteiger partial charge in [0.25, 0.3) is 0 Å². The molecule has 2 heterocycles. The van der Waals surface area contributed by atoms with Crippen LogP contribution in [-0.2, 0) is 6.54 Å². The van der Waals surface area contributed by atoms with Gasteiger partial charge in [0.2, 0.25) is 0 Å². The number of para-hydroxylation sites is 1. The summed E-state index contributed by atoms with van der Waals surface area (Å²) >= 11 is 5.92. The van der Waals surface area contributed by atoms with Crippen LogP contribution in [0.15, 0.2) is 77.6 Å². The third-order valence-corrected chi connectivity index (χ3v) is 5.45. The molecule has 0 unspecified atom stereocenters. The Labute approximate surface area is 182 Å². The quantitative estimate of drug-likeness (QED) is 0.393. The Bertz CT molecular complexity index is 1520. The average molecular weight is 429 g/mol. The SMILES string of the molecule is Cc1cccc(-c2nc3c4ccccc4n(CC(=O)c4ccc(Cl)cc4)c(=O)n3n2)c1. The second kappa shape index (κ2) is 7.49. The van der Waals surface area contributed by atoms with Crippen molar-refractivity contribution in [3.63, 3.8) is 0 Å². The zero-order valence-electron chi connectivity index (χ0n) is 16.6. The lowest BCUT2D eigenvalue weighted by atomic mass is 10.1. The van der Waals surface area contributed by atoms with Crippen molar-refractivity contribution in [1.82, 2.24) is 19.2 Å². The summed E-state index contributed by atoms with van der Waals surface area (Å²) in [6, 6.07) is 21.8. The third-order valence-electron chi connectivity index (χ3n) is 5.20. The normalized spacial score (nSPS) is 11.3. The van der Waals surface area contributed by atoms with Gasteiger partial charge < -0.3 is 0 Å². The number of benzene rings is 3. The number of hydrogen-bond acceptors (Lipinski definition) is 4. The molecule has 5 rings (SSSR count). The molecule has 6 nitrogen and oxygen atoms in total. The molecular weight excluding hydrogens is 412 g/mol. The van der Waals surface area contributed by atoms with E-state index in [4.69, 9.17) is 11.6 Å². The van der Waals surface area contributed by atoms with Crippen LogP contribution in [0.4, 0.5) is 0 Å². The molecule has 0 fully saturated rings. The maximum absolute atomic E-state index is 13.3. The van der Waals surface area contributed by atoms with E-state index in [1.165, 1.54) is 9.08 Å². The van der Waals surface area contributed by atoms with E-state index in [-0.39, 0.29) is 12.3 Å². The van der Waals surface area contributed by atoms with Crippen molar-refractivity contribution in [3.05, 3.63) is 99.4 Å². The standard InChI is InChI=1S/C24H17ClN4O2/c1-15-5-4-6-17(13-15)22-26-23-19-7-2-3-8-20(19)28(24(31)29(23)27-22)14-21(30)16-9-11-18(25)12-10-16/h2-13H,14H2,1H3. The number of Topliss-reactive ketones (excluding diaryl/α,β-unsaturated/α-hetero) is 1. The van der Waals surface area contributed by atoms with Crippen molar-refractivity contribution in [2.24, 2.45) is 0 Å². The molecule has 0 aliphatic rings. The molecule has 0 aliphatic heterocycles. The molecule has 0 aliphatic carbocycles. The van der Waals surface area contributed by atoms with E-state index < -0.39 is 5.69 Å². The van der Waals surface area contributed by atoms with E-state index >= 15 is 0 Å². The van der Waals surface area contributed by atoms with Crippen molar-refractivity contribution < 1.29 is 4.79 Å². The first-order valence-electron chi connectivity index (χ1n) is 9.75. The van der Waals surface area contributed by atoms with Crippen molar-refractivity contribution in [1.29, 1.82) is 0 Å². The zero-order valence-corrected chi connectivity index (χ0v) is 17.4. The van der Waals surface area contributed by atoms with Gasteiger partial charge in [0.1, 0.15) is 0 Å². The van der Waals surface area contributed by atoms with Gasteiger partial charge in [-0.25, -0.2) is 9.78 Å². The molecule has 31 heavy (non-hydrogen) atoms. The van der Waals surface area contributed by atoms with E-state index in [2.05, 4.69) is 10.1 Å². The largest absolute Gasteiger partial charge is 0.351 e. The van der Waals surface area contributed by atoms with E-state index in [0.29, 0.717) is 27.6 Å². The Morgan fingerprint density at radius 3 is 2.55 bits per heavy atom. The van der Waals surface area contributed by atoms with Gasteiger partial charge in [-0.3, -0.25) is 9.36 Å². The summed E-state index contributed by atoms with van der Waals surface area (Å²) in [6.45, 7) is 1.88. The number of aromatic nitrogens is 4. The average Bonchev–Trinajstić information content (AvgIpc) is 3.23. The lowest BCUT2D eigenvalue weighted by Gasteiger charge is -2.10. The number of halogens is 1. The Balaban J connectivity index is 1.69. The van der Waals surface area contributed by atoms with Crippen LogP contribution in [0.3, 0.4) is 0 Å². The Morgan fingerprint density at radius 1 is 1.00 bits per heavy atom. The van der Waals surface area contributed by atoms with Crippen LogP contribution in [0, 0.1) is 6.92 Å².